The van der Waals surface area contributed by atoms with Crippen LogP contribution in [0.3, 0.4) is 0 Å². The summed E-state index contributed by atoms with van der Waals surface area (Å²) in [7, 11) is 0. The molecular weight excluding hydrogens is 312 g/mol. The van der Waals surface area contributed by atoms with Gasteiger partial charge in [0.1, 0.15) is 11.8 Å². The Bertz CT molecular complexity index is 766. The number of carbonyl (C=O) groups excluding carboxylic acids is 1. The number of hydrogen-bond donors (Lipinski definition) is 1. The van der Waals surface area contributed by atoms with E-state index in [1.54, 1.807) is 18.2 Å². The van der Waals surface area contributed by atoms with Crippen molar-refractivity contribution in [3.63, 3.8) is 0 Å². The molecule has 1 N–H and O–H groups in total. The Labute approximate surface area is 140 Å². The summed E-state index contributed by atoms with van der Waals surface area (Å²) in [6, 6.07) is 12.7. The van der Waals surface area contributed by atoms with Crippen molar-refractivity contribution in [1.29, 1.82) is 5.26 Å². The van der Waals surface area contributed by atoms with Gasteiger partial charge in [0.2, 0.25) is 5.91 Å². The molecular formula is C18H17ClN2O2. The number of ether oxygens (including phenoxy) is 1. The van der Waals surface area contributed by atoms with Gasteiger partial charge in [-0.05, 0) is 43.7 Å². The molecule has 0 saturated carbocycles. The molecule has 0 radical (unpaired) electrons. The van der Waals surface area contributed by atoms with Crippen molar-refractivity contribution >= 4 is 23.2 Å². The predicted molar refractivity (Wildman–Crippen MR) is 90.8 cm³/mol. The Morgan fingerprint density at radius 2 is 2.04 bits per heavy atom. The van der Waals surface area contributed by atoms with E-state index in [0.29, 0.717) is 22.9 Å². The van der Waals surface area contributed by atoms with Gasteiger partial charge in [-0.1, -0.05) is 29.3 Å². The van der Waals surface area contributed by atoms with E-state index in [1.807, 2.05) is 38.1 Å². The topological polar surface area (TPSA) is 62.1 Å². The van der Waals surface area contributed by atoms with Crippen molar-refractivity contribution in [3.05, 3.63) is 58.1 Å². The van der Waals surface area contributed by atoms with Crippen LogP contribution in [0.25, 0.3) is 0 Å². The van der Waals surface area contributed by atoms with Crippen LogP contribution in [-0.4, -0.2) is 12.5 Å². The molecule has 2 aromatic rings. The van der Waals surface area contributed by atoms with Gasteiger partial charge < -0.3 is 10.1 Å². The van der Waals surface area contributed by atoms with Crippen LogP contribution in [0.4, 0.5) is 5.69 Å². The van der Waals surface area contributed by atoms with E-state index in [0.717, 1.165) is 11.3 Å². The monoisotopic (exact) mass is 328 g/mol. The van der Waals surface area contributed by atoms with Crippen LogP contribution < -0.4 is 10.1 Å². The first-order chi connectivity index (χ1) is 11.0. The zero-order valence-corrected chi connectivity index (χ0v) is 13.8. The van der Waals surface area contributed by atoms with Crippen LogP contribution in [0.5, 0.6) is 5.75 Å². The first kappa shape index (κ1) is 16.9. The standard InChI is InChI=1S/C18H17ClN2O2/c1-12-3-6-17(13(2)9-12)23-8-7-18(22)21-15-5-4-14(11-20)16(19)10-15/h3-6,9-10H,7-8H2,1-2H3,(H,21,22). The Morgan fingerprint density at radius 1 is 1.26 bits per heavy atom. The van der Waals surface area contributed by atoms with Crippen LogP contribution in [0.1, 0.15) is 23.1 Å². The summed E-state index contributed by atoms with van der Waals surface area (Å²) in [4.78, 5) is 11.9. The van der Waals surface area contributed by atoms with Gasteiger partial charge >= 0.3 is 0 Å². The van der Waals surface area contributed by atoms with Crippen molar-refractivity contribution in [2.45, 2.75) is 20.3 Å². The van der Waals surface area contributed by atoms with Gasteiger partial charge in [-0.25, -0.2) is 0 Å². The lowest BCUT2D eigenvalue weighted by atomic mass is 10.1. The lowest BCUT2D eigenvalue weighted by Gasteiger charge is -2.10. The Balaban J connectivity index is 1.86. The number of aryl methyl sites for hydroxylation is 2. The molecule has 0 unspecified atom stereocenters. The molecule has 0 spiro atoms. The molecule has 2 aromatic carbocycles. The van der Waals surface area contributed by atoms with Gasteiger partial charge in [-0.15, -0.1) is 0 Å². The third-order valence-electron chi connectivity index (χ3n) is 3.29. The van der Waals surface area contributed by atoms with Crippen molar-refractivity contribution in [2.24, 2.45) is 0 Å². The summed E-state index contributed by atoms with van der Waals surface area (Å²) >= 11 is 5.93. The van der Waals surface area contributed by atoms with Gasteiger partial charge in [0.05, 0.1) is 23.6 Å². The SMILES string of the molecule is Cc1ccc(OCCC(=O)Nc2ccc(C#N)c(Cl)c2)c(C)c1. The van der Waals surface area contributed by atoms with Gasteiger partial charge in [-0.3, -0.25) is 4.79 Å². The Morgan fingerprint density at radius 3 is 2.70 bits per heavy atom. The molecule has 0 saturated heterocycles. The molecule has 0 fully saturated rings. The molecule has 0 aliphatic carbocycles. The fourth-order valence-corrected chi connectivity index (χ4v) is 2.34. The number of anilines is 1. The van der Waals surface area contributed by atoms with E-state index in [9.17, 15) is 4.79 Å². The zero-order chi connectivity index (χ0) is 16.8. The van der Waals surface area contributed by atoms with E-state index in [2.05, 4.69) is 5.32 Å². The van der Waals surface area contributed by atoms with Crippen LogP contribution in [-0.2, 0) is 4.79 Å². The van der Waals surface area contributed by atoms with Crippen LogP contribution in [0.2, 0.25) is 5.02 Å². The second-order valence-corrected chi connectivity index (χ2v) is 5.63. The summed E-state index contributed by atoms with van der Waals surface area (Å²) in [5.74, 6) is 0.611. The number of carbonyl (C=O) groups is 1. The lowest BCUT2D eigenvalue weighted by molar-refractivity contribution is -0.116. The smallest absolute Gasteiger partial charge is 0.227 e. The summed E-state index contributed by atoms with van der Waals surface area (Å²) in [5, 5.41) is 11.9. The normalized spacial score (nSPS) is 10.0. The lowest BCUT2D eigenvalue weighted by Crippen LogP contribution is -2.15. The molecule has 2 rings (SSSR count). The summed E-state index contributed by atoms with van der Waals surface area (Å²) in [6.07, 6.45) is 0.227. The van der Waals surface area contributed by atoms with Gasteiger partial charge in [0, 0.05) is 5.69 Å². The second kappa shape index (κ2) is 7.66. The molecule has 4 nitrogen and oxygen atoms in total. The zero-order valence-electron chi connectivity index (χ0n) is 13.0. The van der Waals surface area contributed by atoms with Crippen LogP contribution in [0, 0.1) is 25.2 Å². The summed E-state index contributed by atoms with van der Waals surface area (Å²) in [5.41, 5.74) is 3.16. The van der Waals surface area contributed by atoms with E-state index in [1.165, 1.54) is 5.56 Å². The molecule has 0 bridgehead atoms. The highest BCUT2D eigenvalue weighted by atomic mass is 35.5. The average molecular weight is 329 g/mol. The first-order valence-corrected chi connectivity index (χ1v) is 7.57. The Kier molecular flexibility index (Phi) is 5.61. The van der Waals surface area contributed by atoms with Gasteiger partial charge in [0.15, 0.2) is 0 Å². The highest BCUT2D eigenvalue weighted by molar-refractivity contribution is 6.32. The second-order valence-electron chi connectivity index (χ2n) is 5.22. The van der Waals surface area contributed by atoms with E-state index >= 15 is 0 Å². The number of benzene rings is 2. The maximum atomic E-state index is 11.9. The number of rotatable bonds is 5. The fraction of sp³-hybridized carbons (Fsp3) is 0.222. The number of nitriles is 1. The molecule has 0 aliphatic heterocycles. The average Bonchev–Trinajstić information content (AvgIpc) is 2.49. The van der Waals surface area contributed by atoms with E-state index < -0.39 is 0 Å². The van der Waals surface area contributed by atoms with Crippen molar-refractivity contribution in [3.8, 4) is 11.8 Å². The quantitative estimate of drug-likeness (QED) is 0.893. The van der Waals surface area contributed by atoms with Crippen molar-refractivity contribution in [2.75, 3.05) is 11.9 Å². The third kappa shape index (κ3) is 4.73. The fourth-order valence-electron chi connectivity index (χ4n) is 2.12. The summed E-state index contributed by atoms with van der Waals surface area (Å²) < 4.78 is 5.63. The largest absolute Gasteiger partial charge is 0.493 e. The minimum absolute atomic E-state index is 0.171. The maximum absolute atomic E-state index is 11.9. The van der Waals surface area contributed by atoms with Crippen LogP contribution >= 0.6 is 11.6 Å². The number of nitrogens with one attached hydrogen (secondary N) is 1. The minimum Gasteiger partial charge on any atom is -0.493 e. The molecule has 0 heterocycles. The number of nitrogens with zero attached hydrogens (tertiary/aromatic N) is 1. The van der Waals surface area contributed by atoms with Gasteiger partial charge in [0.25, 0.3) is 0 Å². The van der Waals surface area contributed by atoms with Crippen molar-refractivity contribution < 1.29 is 9.53 Å². The van der Waals surface area contributed by atoms with Crippen molar-refractivity contribution in [1.82, 2.24) is 0 Å². The summed E-state index contributed by atoms with van der Waals surface area (Å²) in [6.45, 7) is 4.29. The molecule has 0 aliphatic rings. The van der Waals surface area contributed by atoms with E-state index in [-0.39, 0.29) is 12.3 Å². The Hall–Kier alpha value is -2.51. The molecule has 0 atom stereocenters. The molecule has 23 heavy (non-hydrogen) atoms. The van der Waals surface area contributed by atoms with Crippen LogP contribution in [0.15, 0.2) is 36.4 Å². The van der Waals surface area contributed by atoms with Gasteiger partial charge in [-0.2, -0.15) is 5.26 Å². The highest BCUT2D eigenvalue weighted by Gasteiger charge is 2.06. The maximum Gasteiger partial charge on any atom is 0.227 e. The number of halogens is 1. The molecule has 0 aromatic heterocycles. The minimum atomic E-state index is -0.171. The molecule has 5 heteroatoms. The first-order valence-electron chi connectivity index (χ1n) is 7.19. The predicted octanol–water partition coefficient (Wildman–Crippen LogP) is 4.24. The third-order valence-corrected chi connectivity index (χ3v) is 3.60. The molecule has 118 valence electrons. The number of amides is 1. The number of hydrogen-bond acceptors (Lipinski definition) is 3. The molecule has 1 amide bonds. The van der Waals surface area contributed by atoms with E-state index in [4.69, 9.17) is 21.6 Å². The highest BCUT2D eigenvalue weighted by Crippen LogP contribution is 2.21.